The largest absolute Gasteiger partial charge is 1.00 e. The summed E-state index contributed by atoms with van der Waals surface area (Å²) < 4.78 is 5.07. The second kappa shape index (κ2) is 6.06. The van der Waals surface area contributed by atoms with Crippen molar-refractivity contribution < 1.29 is 44.2 Å². The maximum Gasteiger partial charge on any atom is 1.00 e. The summed E-state index contributed by atoms with van der Waals surface area (Å²) in [7, 11) is 0. The van der Waals surface area contributed by atoms with Crippen molar-refractivity contribution in [1.82, 2.24) is 0 Å². The van der Waals surface area contributed by atoms with Crippen LogP contribution in [0.25, 0.3) is 0 Å². The Kier molecular flexibility index (Phi) is 5.84. The molecule has 0 spiro atoms. The van der Waals surface area contributed by atoms with Crippen LogP contribution in [-0.2, 0) is 4.79 Å². The minimum Gasteiger partial charge on any atom is -0.546 e. The van der Waals surface area contributed by atoms with Crippen LogP contribution in [-0.4, -0.2) is 12.6 Å². The molecule has 0 aliphatic heterocycles. The maximum absolute atomic E-state index is 10.2. The first-order chi connectivity index (χ1) is 6.11. The quantitative estimate of drug-likeness (QED) is 0.506. The Morgan fingerprint density at radius 3 is 2.29 bits per heavy atom. The van der Waals surface area contributed by atoms with E-state index in [2.05, 4.69) is 0 Å². The third-order valence-corrected chi connectivity index (χ3v) is 1.74. The zero-order chi connectivity index (χ0) is 9.84. The van der Waals surface area contributed by atoms with Crippen molar-refractivity contribution >= 4 is 5.97 Å². The zero-order valence-corrected chi connectivity index (χ0v) is 10.7. The fraction of sp³-hybridized carbons (Fsp3) is 0.300. The van der Waals surface area contributed by atoms with E-state index in [0.717, 1.165) is 11.1 Å². The van der Waals surface area contributed by atoms with Crippen molar-refractivity contribution in [2.75, 3.05) is 6.61 Å². The number of rotatable bonds is 3. The molecule has 14 heavy (non-hydrogen) atoms. The van der Waals surface area contributed by atoms with Crippen molar-refractivity contribution in [3.05, 3.63) is 29.3 Å². The average molecular weight is 202 g/mol. The van der Waals surface area contributed by atoms with E-state index < -0.39 is 12.6 Å². The van der Waals surface area contributed by atoms with E-state index in [4.69, 9.17) is 4.74 Å². The number of ether oxygens (including phenoxy) is 1. The topological polar surface area (TPSA) is 49.4 Å². The fourth-order valence-corrected chi connectivity index (χ4v) is 1.16. The third kappa shape index (κ3) is 3.70. The summed E-state index contributed by atoms with van der Waals surface area (Å²) in [6.45, 7) is 3.35. The van der Waals surface area contributed by atoms with Gasteiger partial charge in [-0.15, -0.1) is 0 Å². The van der Waals surface area contributed by atoms with Crippen LogP contribution in [0.3, 0.4) is 0 Å². The van der Waals surface area contributed by atoms with Gasteiger partial charge in [0.25, 0.3) is 0 Å². The summed E-state index contributed by atoms with van der Waals surface area (Å²) in [4.78, 5) is 10.2. The molecule has 0 heterocycles. The summed E-state index contributed by atoms with van der Waals surface area (Å²) in [6.07, 6.45) is 0. The van der Waals surface area contributed by atoms with Gasteiger partial charge >= 0.3 is 29.6 Å². The van der Waals surface area contributed by atoms with Crippen molar-refractivity contribution in [2.45, 2.75) is 13.8 Å². The standard InChI is InChI=1S/C10H12O3.Na/c1-7-4-3-5-8(2)10(7)13-6-9(11)12;/h3-5H,6H2,1-2H3,(H,11,12);/q;+1/p-1. The smallest absolute Gasteiger partial charge is 0.546 e. The van der Waals surface area contributed by atoms with Gasteiger partial charge < -0.3 is 14.6 Å². The predicted molar refractivity (Wildman–Crippen MR) is 46.4 cm³/mol. The molecule has 0 amide bonds. The number of hydrogen-bond donors (Lipinski definition) is 0. The average Bonchev–Trinajstić information content (AvgIpc) is 2.03. The summed E-state index contributed by atoms with van der Waals surface area (Å²) >= 11 is 0. The second-order valence-corrected chi connectivity index (χ2v) is 2.88. The Balaban J connectivity index is 0.00000169. The van der Waals surface area contributed by atoms with E-state index in [1.165, 1.54) is 0 Å². The van der Waals surface area contributed by atoms with Crippen molar-refractivity contribution in [1.29, 1.82) is 0 Å². The molecule has 3 nitrogen and oxygen atoms in total. The molecule has 0 unspecified atom stereocenters. The van der Waals surface area contributed by atoms with Gasteiger partial charge in [-0.1, -0.05) is 18.2 Å². The number of para-hydroxylation sites is 1. The number of benzene rings is 1. The molecule has 0 radical (unpaired) electrons. The van der Waals surface area contributed by atoms with Crippen LogP contribution in [0.15, 0.2) is 18.2 Å². The van der Waals surface area contributed by atoms with Crippen LogP contribution in [0.1, 0.15) is 11.1 Å². The van der Waals surface area contributed by atoms with Gasteiger partial charge in [0.2, 0.25) is 0 Å². The molecule has 1 aromatic carbocycles. The fourth-order valence-electron chi connectivity index (χ4n) is 1.16. The number of aryl methyl sites for hydroxylation is 2. The van der Waals surface area contributed by atoms with Crippen LogP contribution in [0.5, 0.6) is 5.75 Å². The zero-order valence-electron chi connectivity index (χ0n) is 8.66. The minimum absolute atomic E-state index is 0. The van der Waals surface area contributed by atoms with Crippen LogP contribution in [0.2, 0.25) is 0 Å². The third-order valence-electron chi connectivity index (χ3n) is 1.74. The van der Waals surface area contributed by atoms with Gasteiger partial charge in [-0.2, -0.15) is 0 Å². The second-order valence-electron chi connectivity index (χ2n) is 2.88. The molecule has 0 bridgehead atoms. The van der Waals surface area contributed by atoms with E-state index in [0.29, 0.717) is 5.75 Å². The predicted octanol–water partition coefficient (Wildman–Crippen LogP) is -2.56. The van der Waals surface area contributed by atoms with E-state index in [1.807, 2.05) is 32.0 Å². The number of aliphatic carboxylic acids is 1. The number of carboxylic acids is 1. The van der Waals surface area contributed by atoms with Crippen molar-refractivity contribution in [3.63, 3.8) is 0 Å². The van der Waals surface area contributed by atoms with Crippen molar-refractivity contribution in [3.8, 4) is 5.75 Å². The molecule has 0 saturated carbocycles. The summed E-state index contributed by atoms with van der Waals surface area (Å²) in [6, 6.07) is 5.64. The minimum atomic E-state index is -1.21. The molecule has 0 atom stereocenters. The van der Waals surface area contributed by atoms with Gasteiger partial charge in [0.05, 0.1) is 5.97 Å². The molecule has 0 N–H and O–H groups in total. The molecular weight excluding hydrogens is 191 g/mol. The molecule has 0 saturated heterocycles. The van der Waals surface area contributed by atoms with Crippen molar-refractivity contribution in [2.24, 2.45) is 0 Å². The maximum atomic E-state index is 10.2. The van der Waals surface area contributed by atoms with Crippen LogP contribution in [0.4, 0.5) is 0 Å². The number of hydrogen-bond acceptors (Lipinski definition) is 3. The number of carbonyl (C=O) groups is 1. The Morgan fingerprint density at radius 2 is 1.86 bits per heavy atom. The molecule has 1 rings (SSSR count). The first-order valence-electron chi connectivity index (χ1n) is 4.00. The monoisotopic (exact) mass is 202 g/mol. The summed E-state index contributed by atoms with van der Waals surface area (Å²) in [5, 5.41) is 10.2. The summed E-state index contributed by atoms with van der Waals surface area (Å²) in [5.41, 5.74) is 1.86. The normalized spacial score (nSPS) is 9.00. The van der Waals surface area contributed by atoms with Gasteiger partial charge in [0.1, 0.15) is 12.4 Å². The van der Waals surface area contributed by atoms with E-state index in [1.54, 1.807) is 0 Å². The summed E-state index contributed by atoms with van der Waals surface area (Å²) in [5.74, 6) is -0.575. The van der Waals surface area contributed by atoms with Gasteiger partial charge in [0.15, 0.2) is 0 Å². The van der Waals surface area contributed by atoms with Crippen LogP contribution >= 0.6 is 0 Å². The number of carboxylic acid groups (broad SMARTS) is 1. The van der Waals surface area contributed by atoms with Crippen LogP contribution in [0, 0.1) is 13.8 Å². The first kappa shape index (κ1) is 13.5. The molecule has 0 aromatic heterocycles. The van der Waals surface area contributed by atoms with E-state index in [-0.39, 0.29) is 29.6 Å². The molecule has 1 aromatic rings. The SMILES string of the molecule is Cc1cccc(C)c1OCC(=O)[O-].[Na+]. The Hall–Kier alpha value is -0.510. The Bertz CT molecular complexity index is 303. The van der Waals surface area contributed by atoms with Gasteiger partial charge in [0, 0.05) is 0 Å². The van der Waals surface area contributed by atoms with Gasteiger partial charge in [-0.25, -0.2) is 0 Å². The molecule has 4 heteroatoms. The Morgan fingerprint density at radius 1 is 1.36 bits per heavy atom. The molecule has 0 fully saturated rings. The van der Waals surface area contributed by atoms with Gasteiger partial charge in [-0.05, 0) is 25.0 Å². The molecule has 0 aliphatic carbocycles. The van der Waals surface area contributed by atoms with Gasteiger partial charge in [-0.3, -0.25) is 0 Å². The first-order valence-corrected chi connectivity index (χ1v) is 4.00. The molecule has 0 aliphatic rings. The number of carbonyl (C=O) groups excluding carboxylic acids is 1. The van der Waals surface area contributed by atoms with Crippen LogP contribution < -0.4 is 39.4 Å². The molecular formula is C10H11NaO3. The van der Waals surface area contributed by atoms with E-state index >= 15 is 0 Å². The Labute approximate surface area is 105 Å². The van der Waals surface area contributed by atoms with E-state index in [9.17, 15) is 9.90 Å². The molecule has 70 valence electrons.